The first kappa shape index (κ1) is 12.2. The van der Waals surface area contributed by atoms with Crippen LogP contribution in [-0.4, -0.2) is 16.8 Å². The number of hydrogen-bond acceptors (Lipinski definition) is 2. The highest BCUT2D eigenvalue weighted by Gasteiger charge is 2.14. The summed E-state index contributed by atoms with van der Waals surface area (Å²) in [5.41, 5.74) is 6.93. The highest BCUT2D eigenvalue weighted by Crippen LogP contribution is 2.17. The lowest BCUT2D eigenvalue weighted by Crippen LogP contribution is -2.14. The molecule has 0 aliphatic heterocycles. The molecular weight excluding hydrogens is 195 g/mol. The van der Waals surface area contributed by atoms with Crippen molar-refractivity contribution < 1.29 is 0 Å². The van der Waals surface area contributed by atoms with E-state index >= 15 is 0 Å². The summed E-state index contributed by atoms with van der Waals surface area (Å²) in [6.45, 7) is 3.94. The molecule has 0 aliphatic rings. The summed E-state index contributed by atoms with van der Waals surface area (Å²) in [5.74, 6) is 0. The van der Waals surface area contributed by atoms with Crippen molar-refractivity contribution in [1.82, 2.24) is 0 Å². The number of rotatable bonds is 6. The van der Waals surface area contributed by atoms with Gasteiger partial charge < -0.3 is 0 Å². The highest BCUT2D eigenvalue weighted by atomic mass is 35.5. The summed E-state index contributed by atoms with van der Waals surface area (Å²) in [5, 5.41) is 3.70. The molecule has 0 heterocycles. The molecular formula is C8H16Cl2N2. The van der Waals surface area contributed by atoms with Crippen molar-refractivity contribution >= 4 is 23.2 Å². The second-order valence-corrected chi connectivity index (χ2v) is 4.40. The van der Waals surface area contributed by atoms with Crippen LogP contribution in [0.5, 0.6) is 0 Å². The van der Waals surface area contributed by atoms with Gasteiger partial charge in [0.25, 0.3) is 0 Å². The predicted molar refractivity (Wildman–Crippen MR) is 53.4 cm³/mol. The lowest BCUT2D eigenvalue weighted by Gasteiger charge is -2.14. The van der Waals surface area contributed by atoms with E-state index in [4.69, 9.17) is 28.7 Å². The van der Waals surface area contributed by atoms with Gasteiger partial charge in [-0.3, -0.25) is 0 Å². The van der Waals surface area contributed by atoms with Gasteiger partial charge in [0.05, 0.1) is 6.04 Å². The third-order valence-corrected chi connectivity index (χ3v) is 2.42. The smallest absolute Gasteiger partial charge is 0.0733 e. The van der Waals surface area contributed by atoms with Crippen LogP contribution in [0, 0.1) is 5.53 Å². The number of nitrogens with one attached hydrogen (secondary N) is 1. The first-order chi connectivity index (χ1) is 5.60. The fourth-order valence-corrected chi connectivity index (χ4v) is 1.45. The summed E-state index contributed by atoms with van der Waals surface area (Å²) < 4.78 is 0. The molecule has 0 aliphatic carbocycles. The van der Waals surface area contributed by atoms with Crippen molar-refractivity contribution in [3.05, 3.63) is 0 Å². The van der Waals surface area contributed by atoms with Gasteiger partial charge in [-0.15, -0.1) is 23.2 Å². The first-order valence-electron chi connectivity index (χ1n) is 4.24. The maximum Gasteiger partial charge on any atom is 0.0733 e. The Hall–Kier alpha value is 0.180. The Morgan fingerprint density at radius 2 is 1.92 bits per heavy atom. The van der Waals surface area contributed by atoms with E-state index in [9.17, 15) is 0 Å². The second kappa shape index (κ2) is 6.67. The van der Waals surface area contributed by atoms with Crippen LogP contribution in [0.15, 0.2) is 5.11 Å². The molecule has 12 heavy (non-hydrogen) atoms. The number of halogens is 2. The fraction of sp³-hybridized carbons (Fsp3) is 1.00. The van der Waals surface area contributed by atoms with E-state index in [1.807, 2.05) is 13.8 Å². The van der Waals surface area contributed by atoms with Gasteiger partial charge in [-0.1, -0.05) is 6.92 Å². The zero-order chi connectivity index (χ0) is 9.56. The summed E-state index contributed by atoms with van der Waals surface area (Å²) in [7, 11) is 0. The van der Waals surface area contributed by atoms with E-state index in [-0.39, 0.29) is 16.8 Å². The Balaban J connectivity index is 3.74. The van der Waals surface area contributed by atoms with Crippen LogP contribution in [-0.2, 0) is 0 Å². The predicted octanol–water partition coefficient (Wildman–Crippen LogP) is 3.81. The van der Waals surface area contributed by atoms with Gasteiger partial charge in [0.2, 0.25) is 0 Å². The topological polar surface area (TPSA) is 36.2 Å². The minimum Gasteiger partial charge on any atom is -0.210 e. The summed E-state index contributed by atoms with van der Waals surface area (Å²) in [4.78, 5) is 0. The molecule has 0 amide bonds. The molecule has 2 nitrogen and oxygen atoms in total. The average Bonchev–Trinajstić information content (AvgIpc) is 2.02. The molecule has 0 aromatic carbocycles. The molecule has 4 heteroatoms. The summed E-state index contributed by atoms with van der Waals surface area (Å²) in [6.07, 6.45) is 2.43. The highest BCUT2D eigenvalue weighted by molar-refractivity contribution is 6.21. The van der Waals surface area contributed by atoms with Crippen molar-refractivity contribution in [3.63, 3.8) is 0 Å². The largest absolute Gasteiger partial charge is 0.210 e. The van der Waals surface area contributed by atoms with Crippen LogP contribution in [0.3, 0.4) is 0 Å². The minimum absolute atomic E-state index is 0.0000463. The van der Waals surface area contributed by atoms with Crippen LogP contribution in [0.2, 0.25) is 0 Å². The van der Waals surface area contributed by atoms with Crippen molar-refractivity contribution in [2.75, 3.05) is 0 Å². The lowest BCUT2D eigenvalue weighted by atomic mass is 10.1. The molecule has 72 valence electrons. The fourth-order valence-electron chi connectivity index (χ4n) is 1.04. The second-order valence-electron chi connectivity index (χ2n) is 3.04. The van der Waals surface area contributed by atoms with E-state index in [0.717, 1.165) is 19.3 Å². The lowest BCUT2D eigenvalue weighted by molar-refractivity contribution is 0.517. The van der Waals surface area contributed by atoms with Gasteiger partial charge in [-0.05, 0) is 26.2 Å². The van der Waals surface area contributed by atoms with E-state index in [2.05, 4.69) is 5.11 Å². The third-order valence-electron chi connectivity index (χ3n) is 1.75. The Labute approximate surface area is 84.1 Å². The molecule has 0 radical (unpaired) electrons. The van der Waals surface area contributed by atoms with Gasteiger partial charge in [-0.2, -0.15) is 5.11 Å². The Bertz CT molecular complexity index is 128. The standard InChI is InChI=1S/C8H16Cl2N2/c1-3-7(10)5-8(12-11)4-6(2)9/h6-8,11H,3-5H2,1-2H3. The summed E-state index contributed by atoms with van der Waals surface area (Å²) >= 11 is 11.7. The maximum absolute atomic E-state index is 6.93. The van der Waals surface area contributed by atoms with Gasteiger partial charge >= 0.3 is 0 Å². The van der Waals surface area contributed by atoms with Gasteiger partial charge in [0, 0.05) is 10.8 Å². The molecule has 3 atom stereocenters. The Morgan fingerprint density at radius 1 is 1.33 bits per heavy atom. The maximum atomic E-state index is 6.93. The molecule has 0 bridgehead atoms. The number of alkyl halides is 2. The van der Waals surface area contributed by atoms with Gasteiger partial charge in [-0.25, -0.2) is 5.53 Å². The van der Waals surface area contributed by atoms with Crippen LogP contribution < -0.4 is 0 Å². The molecule has 0 spiro atoms. The molecule has 0 aromatic heterocycles. The molecule has 0 aromatic rings. The zero-order valence-corrected chi connectivity index (χ0v) is 9.07. The quantitative estimate of drug-likeness (QED) is 0.512. The molecule has 0 saturated heterocycles. The SMILES string of the molecule is CCC(Cl)CC(CC(C)Cl)N=N. The van der Waals surface area contributed by atoms with Crippen molar-refractivity contribution in [3.8, 4) is 0 Å². The third kappa shape index (κ3) is 5.78. The van der Waals surface area contributed by atoms with E-state index in [1.54, 1.807) is 0 Å². The Morgan fingerprint density at radius 3 is 2.25 bits per heavy atom. The van der Waals surface area contributed by atoms with Gasteiger partial charge in [0.15, 0.2) is 0 Å². The molecule has 1 N–H and O–H groups in total. The number of hydrogen-bond donors (Lipinski definition) is 1. The summed E-state index contributed by atoms with van der Waals surface area (Å²) in [6, 6.07) is -0.0000463. The molecule has 3 unspecified atom stereocenters. The molecule has 0 fully saturated rings. The van der Waals surface area contributed by atoms with Gasteiger partial charge in [0.1, 0.15) is 0 Å². The molecule has 0 saturated carbocycles. The van der Waals surface area contributed by atoms with Crippen molar-refractivity contribution in [2.45, 2.75) is 49.9 Å². The van der Waals surface area contributed by atoms with Crippen LogP contribution in [0.4, 0.5) is 0 Å². The first-order valence-corrected chi connectivity index (χ1v) is 5.12. The van der Waals surface area contributed by atoms with Crippen molar-refractivity contribution in [2.24, 2.45) is 5.11 Å². The van der Waals surface area contributed by atoms with Crippen LogP contribution in [0.1, 0.15) is 33.1 Å². The van der Waals surface area contributed by atoms with Crippen LogP contribution >= 0.6 is 23.2 Å². The Kier molecular flexibility index (Phi) is 6.77. The van der Waals surface area contributed by atoms with E-state index < -0.39 is 0 Å². The average molecular weight is 211 g/mol. The van der Waals surface area contributed by atoms with E-state index in [0.29, 0.717) is 0 Å². The minimum atomic E-state index is -0.0000463. The zero-order valence-electron chi connectivity index (χ0n) is 7.56. The van der Waals surface area contributed by atoms with Crippen LogP contribution in [0.25, 0.3) is 0 Å². The van der Waals surface area contributed by atoms with E-state index in [1.165, 1.54) is 0 Å². The molecule has 0 rings (SSSR count). The van der Waals surface area contributed by atoms with Crippen molar-refractivity contribution in [1.29, 1.82) is 5.53 Å². The normalized spacial score (nSPS) is 18.3. The monoisotopic (exact) mass is 210 g/mol. The number of nitrogens with zero attached hydrogens (tertiary/aromatic N) is 1.